The van der Waals surface area contributed by atoms with Gasteiger partial charge < -0.3 is 20.5 Å². The Morgan fingerprint density at radius 1 is 1.13 bits per heavy atom. The van der Waals surface area contributed by atoms with E-state index < -0.39 is 5.54 Å². The van der Waals surface area contributed by atoms with E-state index >= 15 is 0 Å². The number of likely N-dealkylation sites (tertiary alicyclic amines) is 1. The number of hydrogen-bond donors (Lipinski definition) is 5. The molecule has 1 amide bonds. The maximum Gasteiger partial charge on any atom is 0.247 e. The van der Waals surface area contributed by atoms with Crippen LogP contribution >= 0.6 is 24.8 Å². The SMILES string of the molecule is Cl.Cl.Cn1c(CNc2ccc(C(=N)N)cc2)nc2cc(C(C)(NCc3nn[nH]n3)C(=O)N3CCCC3)ccc21. The van der Waals surface area contributed by atoms with Crippen molar-refractivity contribution in [1.29, 1.82) is 5.41 Å². The molecule has 208 valence electrons. The number of halogens is 2. The number of hydrogen-bond acceptors (Lipinski definition) is 8. The number of benzene rings is 2. The average Bonchev–Trinajstić information content (AvgIpc) is 3.68. The number of nitrogens with zero attached hydrogens (tertiary/aromatic N) is 6. The van der Waals surface area contributed by atoms with Crippen molar-refractivity contribution in [1.82, 2.24) is 40.4 Å². The number of aryl methyl sites for hydroxylation is 1. The minimum atomic E-state index is -0.979. The summed E-state index contributed by atoms with van der Waals surface area (Å²) in [6.07, 6.45) is 2.03. The molecule has 1 atom stereocenters. The lowest BCUT2D eigenvalue weighted by Crippen LogP contribution is -2.53. The van der Waals surface area contributed by atoms with E-state index in [4.69, 9.17) is 16.1 Å². The van der Waals surface area contributed by atoms with Gasteiger partial charge >= 0.3 is 0 Å². The van der Waals surface area contributed by atoms with Gasteiger partial charge in [0.05, 0.1) is 24.1 Å². The molecule has 0 spiro atoms. The third-order valence-electron chi connectivity index (χ3n) is 7.01. The monoisotopic (exact) mass is 573 g/mol. The number of rotatable bonds is 9. The Hall–Kier alpha value is -3.74. The molecule has 4 aromatic rings. The number of aromatic amines is 1. The van der Waals surface area contributed by atoms with Crippen LogP contribution in [0.25, 0.3) is 11.0 Å². The standard InChI is InChI=1S/C25H31N11O.2ClH/c1-25(24(37)36-11-3-4-12-36,29-14-21-31-33-34-32-21)17-7-10-20-19(13-17)30-22(35(20)2)15-28-18-8-5-16(6-9-18)23(26)27;;/h5-10,13,28-29H,3-4,11-12,14-15H2,1-2H3,(H3,26,27)(H,31,32,33,34);2*1H. The lowest BCUT2D eigenvalue weighted by atomic mass is 9.89. The number of amides is 1. The zero-order valence-corrected chi connectivity index (χ0v) is 23.4. The van der Waals surface area contributed by atoms with E-state index in [-0.39, 0.29) is 36.6 Å². The summed E-state index contributed by atoms with van der Waals surface area (Å²) in [6.45, 7) is 4.23. The van der Waals surface area contributed by atoms with Crippen molar-refractivity contribution >= 4 is 53.3 Å². The van der Waals surface area contributed by atoms with Crippen LogP contribution in [0.3, 0.4) is 0 Å². The molecule has 0 saturated carbocycles. The Morgan fingerprint density at radius 2 is 1.85 bits per heavy atom. The molecule has 1 fully saturated rings. The number of carbonyl (C=O) groups is 1. The molecular weight excluding hydrogens is 541 g/mol. The predicted octanol–water partition coefficient (Wildman–Crippen LogP) is 2.45. The van der Waals surface area contributed by atoms with Crippen molar-refractivity contribution in [2.45, 2.75) is 38.4 Å². The summed E-state index contributed by atoms with van der Waals surface area (Å²) in [7, 11) is 1.98. The number of nitrogens with one attached hydrogen (secondary N) is 4. The minimum Gasteiger partial charge on any atom is -0.384 e. The molecule has 1 aliphatic heterocycles. The molecule has 1 unspecified atom stereocenters. The second-order valence-electron chi connectivity index (χ2n) is 9.44. The number of nitrogen functional groups attached to an aromatic ring is 1. The summed E-state index contributed by atoms with van der Waals surface area (Å²) in [5.74, 6) is 1.42. The highest BCUT2D eigenvalue weighted by molar-refractivity contribution is 5.95. The van der Waals surface area contributed by atoms with Gasteiger partial charge in [0.2, 0.25) is 5.91 Å². The first-order chi connectivity index (χ1) is 17.8. The van der Waals surface area contributed by atoms with Crippen LogP contribution in [0.15, 0.2) is 42.5 Å². The van der Waals surface area contributed by atoms with Crippen LogP contribution in [-0.4, -0.2) is 59.9 Å². The van der Waals surface area contributed by atoms with E-state index in [2.05, 4.69) is 31.3 Å². The largest absolute Gasteiger partial charge is 0.384 e. The Labute approximate surface area is 238 Å². The molecule has 1 aliphatic rings. The van der Waals surface area contributed by atoms with Crippen molar-refractivity contribution in [2.24, 2.45) is 12.8 Å². The first-order valence-corrected chi connectivity index (χ1v) is 12.3. The Bertz CT molecular complexity index is 1420. The summed E-state index contributed by atoms with van der Waals surface area (Å²) in [5, 5.41) is 28.4. The van der Waals surface area contributed by atoms with Crippen molar-refractivity contribution in [3.8, 4) is 0 Å². The highest BCUT2D eigenvalue weighted by atomic mass is 35.5. The first kappa shape index (κ1) is 29.8. The van der Waals surface area contributed by atoms with Gasteiger partial charge in [-0.05, 0) is 61.7 Å². The third-order valence-corrected chi connectivity index (χ3v) is 7.01. The van der Waals surface area contributed by atoms with Gasteiger partial charge in [-0.15, -0.1) is 35.0 Å². The lowest BCUT2D eigenvalue weighted by Gasteiger charge is -2.33. The summed E-state index contributed by atoms with van der Waals surface area (Å²) in [4.78, 5) is 20.5. The van der Waals surface area contributed by atoms with Gasteiger partial charge in [0, 0.05) is 31.4 Å². The van der Waals surface area contributed by atoms with Crippen LogP contribution in [0, 0.1) is 5.41 Å². The number of tetrazole rings is 1. The summed E-state index contributed by atoms with van der Waals surface area (Å²) >= 11 is 0. The highest BCUT2D eigenvalue weighted by Crippen LogP contribution is 2.29. The number of fused-ring (bicyclic) bond motifs is 1. The van der Waals surface area contributed by atoms with Gasteiger partial charge in [-0.25, -0.2) is 4.98 Å². The van der Waals surface area contributed by atoms with Crippen molar-refractivity contribution in [2.75, 3.05) is 18.4 Å². The number of carbonyl (C=O) groups excluding carboxylic acids is 1. The number of aromatic nitrogens is 6. The van der Waals surface area contributed by atoms with Crippen LogP contribution in [0.2, 0.25) is 0 Å². The number of amidine groups is 1. The first-order valence-electron chi connectivity index (χ1n) is 12.3. The summed E-state index contributed by atoms with van der Waals surface area (Å²) < 4.78 is 2.04. The summed E-state index contributed by atoms with van der Waals surface area (Å²) in [6, 6.07) is 13.4. The molecule has 39 heavy (non-hydrogen) atoms. The fourth-order valence-corrected chi connectivity index (χ4v) is 4.72. The van der Waals surface area contributed by atoms with Crippen LogP contribution in [0.1, 0.15) is 42.5 Å². The van der Waals surface area contributed by atoms with Crippen molar-refractivity contribution in [3.05, 3.63) is 65.2 Å². The van der Waals surface area contributed by atoms with Crippen molar-refractivity contribution in [3.63, 3.8) is 0 Å². The minimum absolute atomic E-state index is 0. The van der Waals surface area contributed by atoms with Gasteiger partial charge in [-0.2, -0.15) is 5.21 Å². The second kappa shape index (κ2) is 12.4. The fourth-order valence-electron chi connectivity index (χ4n) is 4.72. The normalized spacial score (nSPS) is 14.4. The highest BCUT2D eigenvalue weighted by Gasteiger charge is 2.39. The van der Waals surface area contributed by atoms with E-state index in [1.807, 2.05) is 65.9 Å². The Balaban J connectivity index is 0.00000210. The third kappa shape index (κ3) is 6.13. The molecule has 3 heterocycles. The van der Waals surface area contributed by atoms with E-state index in [1.165, 1.54) is 0 Å². The molecule has 0 radical (unpaired) electrons. The average molecular weight is 575 g/mol. The smallest absolute Gasteiger partial charge is 0.247 e. The quantitative estimate of drug-likeness (QED) is 0.150. The number of imidazole rings is 1. The number of anilines is 1. The van der Waals surface area contributed by atoms with E-state index in [1.54, 1.807) is 0 Å². The van der Waals surface area contributed by atoms with E-state index in [9.17, 15) is 4.79 Å². The molecule has 5 rings (SSSR count). The Kier molecular flexibility index (Phi) is 9.49. The number of nitrogens with two attached hydrogens (primary N) is 1. The molecule has 1 saturated heterocycles. The van der Waals surface area contributed by atoms with E-state index in [0.29, 0.717) is 24.5 Å². The van der Waals surface area contributed by atoms with Gasteiger partial charge in [0.1, 0.15) is 17.2 Å². The van der Waals surface area contributed by atoms with Gasteiger partial charge in [0.15, 0.2) is 5.82 Å². The van der Waals surface area contributed by atoms with Crippen molar-refractivity contribution < 1.29 is 4.79 Å². The molecule has 2 aromatic carbocycles. The molecule has 12 nitrogen and oxygen atoms in total. The topological polar surface area (TPSA) is 167 Å². The zero-order valence-electron chi connectivity index (χ0n) is 21.8. The molecule has 2 aromatic heterocycles. The predicted molar refractivity (Wildman–Crippen MR) is 154 cm³/mol. The number of H-pyrrole nitrogens is 1. The summed E-state index contributed by atoms with van der Waals surface area (Å²) in [5.41, 5.74) is 8.77. The van der Waals surface area contributed by atoms with Crippen LogP contribution < -0.4 is 16.4 Å². The maximum atomic E-state index is 13.7. The van der Waals surface area contributed by atoms with Gasteiger partial charge in [-0.1, -0.05) is 11.3 Å². The molecule has 0 bridgehead atoms. The van der Waals surface area contributed by atoms with Crippen LogP contribution in [-0.2, 0) is 30.5 Å². The molecule has 0 aliphatic carbocycles. The Morgan fingerprint density at radius 3 is 2.49 bits per heavy atom. The molecule has 14 heteroatoms. The van der Waals surface area contributed by atoms with Crippen LogP contribution in [0.4, 0.5) is 5.69 Å². The van der Waals surface area contributed by atoms with E-state index in [0.717, 1.165) is 54.0 Å². The molecular formula is C25H33Cl2N11O. The molecule has 6 N–H and O–H groups in total. The fraction of sp³-hybridized carbons (Fsp3) is 0.360. The lowest BCUT2D eigenvalue weighted by molar-refractivity contribution is -0.137. The maximum absolute atomic E-state index is 13.7. The zero-order chi connectivity index (χ0) is 26.0. The van der Waals surface area contributed by atoms with Gasteiger partial charge in [-0.3, -0.25) is 15.5 Å². The van der Waals surface area contributed by atoms with Gasteiger partial charge in [0.25, 0.3) is 0 Å². The second-order valence-corrected chi connectivity index (χ2v) is 9.44. The van der Waals surface area contributed by atoms with Crippen LogP contribution in [0.5, 0.6) is 0 Å².